The maximum atomic E-state index is 14.0. The molecular weight excluding hydrogens is 560 g/mol. The topological polar surface area (TPSA) is 64.3 Å². The van der Waals surface area contributed by atoms with Crippen molar-refractivity contribution in [3.05, 3.63) is 47.1 Å². The number of fused-ring (bicyclic) bond motifs is 1. The van der Waals surface area contributed by atoms with Crippen molar-refractivity contribution in [2.75, 3.05) is 0 Å². The summed E-state index contributed by atoms with van der Waals surface area (Å²) in [5.74, 6) is 0.896. The predicted molar refractivity (Wildman–Crippen MR) is 154 cm³/mol. The van der Waals surface area contributed by atoms with E-state index in [0.717, 1.165) is 38.5 Å². The van der Waals surface area contributed by atoms with E-state index >= 15 is 0 Å². The van der Waals surface area contributed by atoms with Crippen LogP contribution in [-0.2, 0) is 0 Å². The van der Waals surface area contributed by atoms with Gasteiger partial charge in [0.1, 0.15) is 6.17 Å². The number of aliphatic hydroxyl groups is 2. The highest BCUT2D eigenvalue weighted by atomic mass is 127. The standard InChI is InChI=1S/C28H42FNO2.HIS/c1-5-28(32,6-2)16-7-9-19(3)23-13-14-24-20(10-8-15-27(23,24)4)11-12-21-17-22(31)18-25(29)26(21)30;1-2/h7,11-13,16,19,22,24-25,30-32H,5-6,8-10,14-15,17-18H2,1-4H3;2H/b16-7+,20-11+,21-12-,30-26?;. The summed E-state index contributed by atoms with van der Waals surface area (Å²) in [5.41, 5.74) is 3.06. The van der Waals surface area contributed by atoms with Gasteiger partial charge in [-0.2, -0.15) is 0 Å². The van der Waals surface area contributed by atoms with Crippen molar-refractivity contribution >= 4 is 36.7 Å². The molecule has 3 rings (SSSR count). The molecule has 0 aromatic heterocycles. The van der Waals surface area contributed by atoms with Crippen LogP contribution in [0.1, 0.15) is 85.5 Å². The summed E-state index contributed by atoms with van der Waals surface area (Å²) in [7, 11) is 3.50. The Morgan fingerprint density at radius 2 is 2.00 bits per heavy atom. The van der Waals surface area contributed by atoms with Crippen LogP contribution < -0.4 is 0 Å². The molecule has 0 radical (unpaired) electrons. The zero-order valence-corrected chi connectivity index (χ0v) is 24.2. The van der Waals surface area contributed by atoms with Gasteiger partial charge >= 0.3 is 0 Å². The first-order valence-electron chi connectivity index (χ1n) is 12.7. The maximum Gasteiger partial charge on any atom is 0.144 e. The van der Waals surface area contributed by atoms with E-state index in [1.54, 1.807) is 0 Å². The molecule has 3 N–H and O–H groups in total. The van der Waals surface area contributed by atoms with Gasteiger partial charge in [0.25, 0.3) is 0 Å². The summed E-state index contributed by atoms with van der Waals surface area (Å²) in [4.78, 5) is 0. The smallest absolute Gasteiger partial charge is 0.144 e. The minimum atomic E-state index is -1.35. The monoisotopic (exact) mass is 603 g/mol. The Kier molecular flexibility index (Phi) is 11.6. The Labute approximate surface area is 223 Å². The van der Waals surface area contributed by atoms with Gasteiger partial charge in [-0.25, -0.2) is 4.39 Å². The number of hydrogen-bond donors (Lipinski definition) is 4. The van der Waals surface area contributed by atoms with Crippen molar-refractivity contribution in [3.63, 3.8) is 0 Å². The second-order valence-corrected chi connectivity index (χ2v) is 10.5. The van der Waals surface area contributed by atoms with E-state index in [-0.39, 0.29) is 17.5 Å². The van der Waals surface area contributed by atoms with Crippen LogP contribution in [0.4, 0.5) is 4.39 Å². The SMILES string of the molecule is CCC(O)(/C=C/CC(C)C1=CCC2/C(=C/C=C3/CC(O)CC(F)C3=N)CCCC12C)CC.SI. The van der Waals surface area contributed by atoms with Crippen LogP contribution in [0.5, 0.6) is 0 Å². The maximum absolute atomic E-state index is 14.0. The van der Waals surface area contributed by atoms with Crippen molar-refractivity contribution in [2.45, 2.75) is 103 Å². The molecule has 0 spiro atoms. The third-order valence-electron chi connectivity index (χ3n) is 8.38. The molecule has 0 saturated heterocycles. The fourth-order valence-corrected chi connectivity index (χ4v) is 6.09. The van der Waals surface area contributed by atoms with Crippen molar-refractivity contribution in [3.8, 4) is 0 Å². The van der Waals surface area contributed by atoms with Gasteiger partial charge < -0.3 is 15.6 Å². The third-order valence-corrected chi connectivity index (χ3v) is 8.38. The molecule has 3 aliphatic rings. The van der Waals surface area contributed by atoms with Gasteiger partial charge in [0.05, 0.1) is 17.4 Å². The Morgan fingerprint density at radius 1 is 1.32 bits per heavy atom. The molecule has 2 fully saturated rings. The van der Waals surface area contributed by atoms with E-state index in [2.05, 4.69) is 41.9 Å². The number of aliphatic hydroxyl groups excluding tert-OH is 1. The van der Waals surface area contributed by atoms with Gasteiger partial charge in [0.15, 0.2) is 0 Å². The molecule has 6 heteroatoms. The van der Waals surface area contributed by atoms with Gasteiger partial charge in [0, 0.05) is 12.8 Å². The molecular formula is C28H43FINO2S. The quantitative estimate of drug-likeness (QED) is 0.136. The number of rotatable bonds is 7. The molecule has 192 valence electrons. The predicted octanol–water partition coefficient (Wildman–Crippen LogP) is 7.89. The summed E-state index contributed by atoms with van der Waals surface area (Å²) in [5, 5.41) is 28.5. The molecule has 0 aromatic carbocycles. The highest BCUT2D eigenvalue weighted by Crippen LogP contribution is 2.56. The molecule has 34 heavy (non-hydrogen) atoms. The molecule has 0 aliphatic heterocycles. The summed E-state index contributed by atoms with van der Waals surface area (Å²) >= 11 is 1.84. The molecule has 0 bridgehead atoms. The van der Waals surface area contributed by atoms with E-state index in [1.165, 1.54) is 17.6 Å². The van der Waals surface area contributed by atoms with Crippen LogP contribution in [0, 0.1) is 22.7 Å². The van der Waals surface area contributed by atoms with Gasteiger partial charge in [-0.05, 0) is 89.0 Å². The van der Waals surface area contributed by atoms with Crippen molar-refractivity contribution in [2.24, 2.45) is 17.3 Å². The van der Waals surface area contributed by atoms with Gasteiger partial charge in [0.2, 0.25) is 0 Å². The molecule has 0 amide bonds. The summed E-state index contributed by atoms with van der Waals surface area (Å²) < 4.78 is 14.0. The Balaban J connectivity index is 0.00000199. The lowest BCUT2D eigenvalue weighted by Crippen LogP contribution is -2.32. The van der Waals surface area contributed by atoms with Crippen molar-refractivity contribution < 1.29 is 14.6 Å². The second-order valence-electron chi connectivity index (χ2n) is 10.5. The number of hydrogen-bond acceptors (Lipinski definition) is 4. The van der Waals surface area contributed by atoms with E-state index in [4.69, 9.17) is 5.41 Å². The van der Waals surface area contributed by atoms with E-state index in [0.29, 0.717) is 23.8 Å². The fourth-order valence-electron chi connectivity index (χ4n) is 6.09. The highest BCUT2D eigenvalue weighted by molar-refractivity contribution is 14.2. The first-order chi connectivity index (χ1) is 16.1. The van der Waals surface area contributed by atoms with Crippen LogP contribution in [0.15, 0.2) is 47.1 Å². The zero-order chi connectivity index (χ0) is 25.5. The number of allylic oxidation sites excluding steroid dienone is 6. The molecule has 3 nitrogen and oxygen atoms in total. The van der Waals surface area contributed by atoms with E-state index in [9.17, 15) is 14.6 Å². The number of alkyl halides is 1. The van der Waals surface area contributed by atoms with Crippen LogP contribution in [0.25, 0.3) is 0 Å². The average Bonchev–Trinajstić information content (AvgIpc) is 3.19. The van der Waals surface area contributed by atoms with Gasteiger partial charge in [-0.15, -0.1) is 9.80 Å². The van der Waals surface area contributed by atoms with Crippen LogP contribution in [0.3, 0.4) is 0 Å². The van der Waals surface area contributed by atoms with Crippen LogP contribution in [0.2, 0.25) is 0 Å². The van der Waals surface area contributed by atoms with Gasteiger partial charge in [-0.1, -0.05) is 69.2 Å². The molecule has 0 aromatic rings. The molecule has 0 heterocycles. The van der Waals surface area contributed by atoms with Crippen LogP contribution in [-0.4, -0.2) is 33.8 Å². The lowest BCUT2D eigenvalue weighted by Gasteiger charge is -2.42. The zero-order valence-electron chi connectivity index (χ0n) is 21.2. The Hall–Kier alpha value is -0.440. The van der Waals surface area contributed by atoms with Crippen LogP contribution >= 0.6 is 31.0 Å². The highest BCUT2D eigenvalue weighted by Gasteiger charge is 2.45. The lowest BCUT2D eigenvalue weighted by molar-refractivity contribution is 0.0824. The lowest BCUT2D eigenvalue weighted by atomic mass is 9.62. The number of thiol groups is 1. The average molecular weight is 604 g/mol. The Bertz CT molecular complexity index is 832. The minimum absolute atomic E-state index is 0.0375. The van der Waals surface area contributed by atoms with E-state index in [1.807, 2.05) is 47.2 Å². The van der Waals surface area contributed by atoms with Crippen molar-refractivity contribution in [1.82, 2.24) is 0 Å². The fraction of sp³-hybridized carbons (Fsp3) is 0.679. The van der Waals surface area contributed by atoms with Gasteiger partial charge in [-0.3, -0.25) is 0 Å². The summed E-state index contributed by atoms with van der Waals surface area (Å²) in [6, 6.07) is 0. The number of nitrogens with one attached hydrogen (secondary N) is 1. The molecule has 3 aliphatic carbocycles. The third kappa shape index (κ3) is 6.86. The summed E-state index contributed by atoms with van der Waals surface area (Å²) in [6.45, 7) is 8.75. The first-order valence-corrected chi connectivity index (χ1v) is 15.9. The van der Waals surface area contributed by atoms with Crippen molar-refractivity contribution in [1.29, 1.82) is 5.41 Å². The number of halogens is 2. The first kappa shape index (κ1) is 29.8. The largest absolute Gasteiger partial charge is 0.393 e. The normalized spacial score (nSPS) is 33.0. The molecule has 2 saturated carbocycles. The summed E-state index contributed by atoms with van der Waals surface area (Å²) in [6.07, 6.45) is 15.8. The second kappa shape index (κ2) is 13.2. The van der Waals surface area contributed by atoms with E-state index < -0.39 is 17.9 Å². The minimum Gasteiger partial charge on any atom is -0.393 e. The molecule has 5 unspecified atom stereocenters. The molecule has 5 atom stereocenters. The Morgan fingerprint density at radius 3 is 2.65 bits per heavy atom.